The summed E-state index contributed by atoms with van der Waals surface area (Å²) in [6.45, 7) is 14.1. The molecule has 0 aliphatic rings. The SMILES string of the molecule is Cc1cncn1CC(O[SiH](C)C)C(C)(C)C. The summed E-state index contributed by atoms with van der Waals surface area (Å²) >= 11 is 0. The van der Waals surface area contributed by atoms with Crippen molar-refractivity contribution in [2.45, 2.75) is 53.4 Å². The molecule has 4 heteroatoms. The molecule has 3 nitrogen and oxygen atoms in total. The zero-order valence-corrected chi connectivity index (χ0v) is 12.5. The van der Waals surface area contributed by atoms with Crippen LogP contribution in [0.2, 0.25) is 13.1 Å². The van der Waals surface area contributed by atoms with E-state index in [9.17, 15) is 0 Å². The summed E-state index contributed by atoms with van der Waals surface area (Å²) < 4.78 is 8.31. The van der Waals surface area contributed by atoms with Crippen LogP contribution in [0.4, 0.5) is 0 Å². The van der Waals surface area contributed by atoms with Crippen LogP contribution in [-0.4, -0.2) is 24.7 Å². The van der Waals surface area contributed by atoms with E-state index in [1.54, 1.807) is 0 Å². The maximum absolute atomic E-state index is 6.13. The molecule has 1 unspecified atom stereocenters. The van der Waals surface area contributed by atoms with Gasteiger partial charge in [-0.1, -0.05) is 20.8 Å². The van der Waals surface area contributed by atoms with Gasteiger partial charge in [0.15, 0.2) is 9.04 Å². The third-order valence-electron chi connectivity index (χ3n) is 2.69. The maximum atomic E-state index is 6.13. The summed E-state index contributed by atoms with van der Waals surface area (Å²) in [7, 11) is -1.000. The first kappa shape index (κ1) is 13.5. The van der Waals surface area contributed by atoms with E-state index >= 15 is 0 Å². The van der Waals surface area contributed by atoms with E-state index in [-0.39, 0.29) is 11.5 Å². The molecule has 0 saturated carbocycles. The second-order valence-corrected chi connectivity index (χ2v) is 8.10. The van der Waals surface area contributed by atoms with Gasteiger partial charge in [-0.3, -0.25) is 0 Å². The van der Waals surface area contributed by atoms with Crippen LogP contribution in [0.15, 0.2) is 12.5 Å². The molecule has 1 aromatic rings. The number of hydrogen-bond acceptors (Lipinski definition) is 2. The number of nitrogens with zero attached hydrogens (tertiary/aromatic N) is 2. The van der Waals surface area contributed by atoms with Gasteiger partial charge in [0, 0.05) is 18.4 Å². The second kappa shape index (κ2) is 5.14. The molecule has 0 saturated heterocycles. The largest absolute Gasteiger partial charge is 0.415 e. The lowest BCUT2D eigenvalue weighted by Gasteiger charge is -2.33. The van der Waals surface area contributed by atoms with Crippen molar-refractivity contribution in [3.05, 3.63) is 18.2 Å². The summed E-state index contributed by atoms with van der Waals surface area (Å²) in [5.74, 6) is 0. The lowest BCUT2D eigenvalue weighted by Crippen LogP contribution is -2.36. The molecule has 0 bridgehead atoms. The zero-order valence-electron chi connectivity index (χ0n) is 11.3. The van der Waals surface area contributed by atoms with Crippen molar-refractivity contribution in [1.82, 2.24) is 9.55 Å². The molecule has 0 amide bonds. The minimum atomic E-state index is -1.000. The number of aryl methyl sites for hydroxylation is 1. The molecule has 1 heterocycles. The summed E-state index contributed by atoms with van der Waals surface area (Å²) in [5.41, 5.74) is 1.37. The standard InChI is InChI=1S/C12H24N2OSi/c1-10-7-13-9-14(10)8-11(12(2,3)4)15-16(5)6/h7,9,11,16H,8H2,1-6H3. The van der Waals surface area contributed by atoms with Gasteiger partial charge in [-0.25, -0.2) is 4.98 Å². The summed E-state index contributed by atoms with van der Waals surface area (Å²) in [5, 5.41) is 0. The lowest BCUT2D eigenvalue weighted by molar-refractivity contribution is 0.0700. The fourth-order valence-corrected chi connectivity index (χ4v) is 2.76. The molecule has 1 atom stereocenters. The van der Waals surface area contributed by atoms with E-state index in [1.807, 2.05) is 12.5 Å². The van der Waals surface area contributed by atoms with Crippen molar-refractivity contribution in [3.63, 3.8) is 0 Å². The van der Waals surface area contributed by atoms with E-state index in [4.69, 9.17) is 4.43 Å². The highest BCUT2D eigenvalue weighted by molar-refractivity contribution is 6.48. The second-order valence-electron chi connectivity index (χ2n) is 5.73. The molecule has 92 valence electrons. The van der Waals surface area contributed by atoms with E-state index in [2.05, 4.69) is 50.3 Å². The molecule has 1 rings (SSSR count). The molecule has 1 aromatic heterocycles. The normalized spacial score (nSPS) is 14.4. The number of rotatable bonds is 4. The highest BCUT2D eigenvalue weighted by Gasteiger charge is 2.26. The number of hydrogen-bond donors (Lipinski definition) is 0. The van der Waals surface area contributed by atoms with Crippen molar-refractivity contribution in [3.8, 4) is 0 Å². The van der Waals surface area contributed by atoms with Crippen molar-refractivity contribution < 1.29 is 4.43 Å². The Balaban J connectivity index is 2.75. The Morgan fingerprint density at radius 2 is 2.06 bits per heavy atom. The Morgan fingerprint density at radius 1 is 1.44 bits per heavy atom. The molecule has 0 aliphatic carbocycles. The predicted octanol–water partition coefficient (Wildman–Crippen LogP) is 2.61. The molecule has 16 heavy (non-hydrogen) atoms. The van der Waals surface area contributed by atoms with Crippen LogP contribution in [0.3, 0.4) is 0 Å². The Hall–Kier alpha value is -0.613. The van der Waals surface area contributed by atoms with Crippen molar-refractivity contribution in [2.24, 2.45) is 5.41 Å². The third kappa shape index (κ3) is 3.76. The smallest absolute Gasteiger partial charge is 0.171 e. The van der Waals surface area contributed by atoms with Gasteiger partial charge >= 0.3 is 0 Å². The number of aromatic nitrogens is 2. The minimum Gasteiger partial charge on any atom is -0.415 e. The van der Waals surface area contributed by atoms with Gasteiger partial charge in [0.1, 0.15) is 0 Å². The predicted molar refractivity (Wildman–Crippen MR) is 70.2 cm³/mol. The van der Waals surface area contributed by atoms with Gasteiger partial charge in [0.2, 0.25) is 0 Å². The van der Waals surface area contributed by atoms with Gasteiger partial charge in [0.25, 0.3) is 0 Å². The molecule has 0 aliphatic heterocycles. The molecule has 0 fully saturated rings. The van der Waals surface area contributed by atoms with Crippen molar-refractivity contribution >= 4 is 9.04 Å². The highest BCUT2D eigenvalue weighted by Crippen LogP contribution is 2.24. The van der Waals surface area contributed by atoms with Gasteiger partial charge < -0.3 is 8.99 Å². The van der Waals surface area contributed by atoms with E-state index in [1.165, 1.54) is 5.69 Å². The fourth-order valence-electron chi connectivity index (χ4n) is 1.61. The van der Waals surface area contributed by atoms with Crippen LogP contribution < -0.4 is 0 Å². The minimum absolute atomic E-state index is 0.175. The van der Waals surface area contributed by atoms with Gasteiger partial charge in [-0.15, -0.1) is 0 Å². The zero-order chi connectivity index (χ0) is 12.3. The van der Waals surface area contributed by atoms with Gasteiger partial charge in [0.05, 0.1) is 12.4 Å². The molecule has 0 N–H and O–H groups in total. The van der Waals surface area contributed by atoms with E-state index in [0.717, 1.165) is 6.54 Å². The maximum Gasteiger partial charge on any atom is 0.171 e. The van der Waals surface area contributed by atoms with Crippen LogP contribution in [0.5, 0.6) is 0 Å². The molecular weight excluding hydrogens is 216 g/mol. The molecular formula is C12H24N2OSi. The quantitative estimate of drug-likeness (QED) is 0.757. The molecule has 0 spiro atoms. The topological polar surface area (TPSA) is 27.1 Å². The molecule has 0 aromatic carbocycles. The Kier molecular flexibility index (Phi) is 4.33. The first-order valence-electron chi connectivity index (χ1n) is 5.93. The van der Waals surface area contributed by atoms with Crippen LogP contribution >= 0.6 is 0 Å². The van der Waals surface area contributed by atoms with Gasteiger partial charge in [-0.2, -0.15) is 0 Å². The summed E-state index contributed by atoms with van der Waals surface area (Å²) in [6.07, 6.45) is 4.05. The van der Waals surface area contributed by atoms with Crippen molar-refractivity contribution in [2.75, 3.05) is 0 Å². The monoisotopic (exact) mass is 240 g/mol. The van der Waals surface area contributed by atoms with Gasteiger partial charge in [-0.05, 0) is 25.4 Å². The lowest BCUT2D eigenvalue weighted by atomic mass is 9.89. The third-order valence-corrected chi connectivity index (χ3v) is 3.56. The Bertz CT molecular complexity index is 328. The molecule has 0 radical (unpaired) electrons. The van der Waals surface area contributed by atoms with Crippen molar-refractivity contribution in [1.29, 1.82) is 0 Å². The van der Waals surface area contributed by atoms with E-state index < -0.39 is 9.04 Å². The Labute approximate surface area is 101 Å². The highest BCUT2D eigenvalue weighted by atomic mass is 28.3. The summed E-state index contributed by atoms with van der Waals surface area (Å²) in [6, 6.07) is 0. The van der Waals surface area contributed by atoms with Crippen LogP contribution in [-0.2, 0) is 11.0 Å². The van der Waals surface area contributed by atoms with Crippen LogP contribution in [0.1, 0.15) is 26.5 Å². The average molecular weight is 240 g/mol. The van der Waals surface area contributed by atoms with Crippen LogP contribution in [0.25, 0.3) is 0 Å². The fraction of sp³-hybridized carbons (Fsp3) is 0.750. The number of imidazole rings is 1. The first-order chi connectivity index (χ1) is 7.30. The summed E-state index contributed by atoms with van der Waals surface area (Å²) in [4.78, 5) is 4.15. The van der Waals surface area contributed by atoms with E-state index in [0.29, 0.717) is 0 Å². The Morgan fingerprint density at radius 3 is 2.44 bits per heavy atom. The van der Waals surface area contributed by atoms with Crippen LogP contribution in [0, 0.1) is 12.3 Å². The average Bonchev–Trinajstić information content (AvgIpc) is 2.48. The first-order valence-corrected chi connectivity index (χ1v) is 8.71.